The van der Waals surface area contributed by atoms with Crippen molar-refractivity contribution in [3.63, 3.8) is 0 Å². The summed E-state index contributed by atoms with van der Waals surface area (Å²) in [4.78, 5) is 27.0. The molecule has 1 aliphatic heterocycles. The van der Waals surface area contributed by atoms with Crippen molar-refractivity contribution in [1.82, 2.24) is 10.6 Å². The van der Waals surface area contributed by atoms with E-state index in [1.807, 2.05) is 79.4 Å². The molecule has 0 atom stereocenters. The van der Waals surface area contributed by atoms with E-state index in [1.54, 1.807) is 0 Å². The third-order valence-corrected chi connectivity index (χ3v) is 5.62. The molecular formula is C26H27N3O2. The SMILES string of the molecule is Cc1ccc(CNC(=O)NCc2ccc3c(c2)N(C(=O)c2ccc(C)cc2)CC3)cc1. The molecule has 0 fully saturated rings. The number of amides is 3. The summed E-state index contributed by atoms with van der Waals surface area (Å²) in [7, 11) is 0. The zero-order valence-corrected chi connectivity index (χ0v) is 17.9. The lowest BCUT2D eigenvalue weighted by Crippen LogP contribution is -2.34. The summed E-state index contributed by atoms with van der Waals surface area (Å²) in [6, 6.07) is 21.6. The van der Waals surface area contributed by atoms with Gasteiger partial charge in [0, 0.05) is 30.9 Å². The topological polar surface area (TPSA) is 61.4 Å². The zero-order chi connectivity index (χ0) is 21.8. The van der Waals surface area contributed by atoms with Crippen LogP contribution in [0.5, 0.6) is 0 Å². The highest BCUT2D eigenvalue weighted by atomic mass is 16.2. The number of aryl methyl sites for hydroxylation is 2. The smallest absolute Gasteiger partial charge is 0.315 e. The summed E-state index contributed by atoms with van der Waals surface area (Å²) in [5, 5.41) is 5.78. The van der Waals surface area contributed by atoms with E-state index in [0.29, 0.717) is 25.2 Å². The summed E-state index contributed by atoms with van der Waals surface area (Å²) in [6.07, 6.45) is 0.845. The van der Waals surface area contributed by atoms with Crippen molar-refractivity contribution in [2.75, 3.05) is 11.4 Å². The number of nitrogens with one attached hydrogen (secondary N) is 2. The van der Waals surface area contributed by atoms with Crippen LogP contribution in [0.15, 0.2) is 66.7 Å². The van der Waals surface area contributed by atoms with Gasteiger partial charge in [0.15, 0.2) is 0 Å². The van der Waals surface area contributed by atoms with Crippen molar-refractivity contribution < 1.29 is 9.59 Å². The van der Waals surface area contributed by atoms with Gasteiger partial charge in [0.1, 0.15) is 0 Å². The number of urea groups is 1. The van der Waals surface area contributed by atoms with Gasteiger partial charge in [-0.1, -0.05) is 59.7 Å². The Morgan fingerprint density at radius 3 is 2.06 bits per heavy atom. The number of nitrogens with zero attached hydrogens (tertiary/aromatic N) is 1. The maximum atomic E-state index is 13.0. The van der Waals surface area contributed by atoms with E-state index < -0.39 is 0 Å². The average Bonchev–Trinajstić information content (AvgIpc) is 3.20. The van der Waals surface area contributed by atoms with Crippen molar-refractivity contribution in [3.8, 4) is 0 Å². The van der Waals surface area contributed by atoms with Gasteiger partial charge in [-0.15, -0.1) is 0 Å². The molecular weight excluding hydrogens is 386 g/mol. The number of hydrogen-bond acceptors (Lipinski definition) is 2. The number of anilines is 1. The van der Waals surface area contributed by atoms with Crippen molar-refractivity contribution in [3.05, 3.63) is 100 Å². The fraction of sp³-hybridized carbons (Fsp3) is 0.231. The maximum absolute atomic E-state index is 13.0. The molecule has 0 aromatic heterocycles. The monoisotopic (exact) mass is 413 g/mol. The lowest BCUT2D eigenvalue weighted by molar-refractivity contribution is 0.0989. The molecule has 0 radical (unpaired) electrons. The number of hydrogen-bond donors (Lipinski definition) is 2. The number of benzene rings is 3. The fourth-order valence-electron chi connectivity index (χ4n) is 3.73. The molecule has 0 unspecified atom stereocenters. The Morgan fingerprint density at radius 2 is 1.39 bits per heavy atom. The van der Waals surface area contributed by atoms with Gasteiger partial charge >= 0.3 is 6.03 Å². The molecule has 158 valence electrons. The molecule has 0 bridgehead atoms. The molecule has 3 aromatic rings. The van der Waals surface area contributed by atoms with Crippen LogP contribution in [0.1, 0.15) is 38.2 Å². The van der Waals surface area contributed by atoms with Gasteiger partial charge in [0.05, 0.1) is 0 Å². The Kier molecular flexibility index (Phi) is 6.03. The molecule has 1 aliphatic rings. The number of fused-ring (bicyclic) bond motifs is 1. The standard InChI is InChI=1S/C26H27N3O2/c1-18-3-7-20(8-4-18)16-27-26(31)28-17-21-9-12-22-13-14-29(24(22)15-21)25(30)23-10-5-19(2)6-11-23/h3-12,15H,13-14,16-17H2,1-2H3,(H2,27,28,31). The van der Waals surface area contributed by atoms with Crippen LogP contribution in [-0.4, -0.2) is 18.5 Å². The van der Waals surface area contributed by atoms with Gasteiger partial charge in [0.2, 0.25) is 0 Å². The molecule has 2 N–H and O–H groups in total. The molecule has 0 aliphatic carbocycles. The van der Waals surface area contributed by atoms with Crippen molar-refractivity contribution in [2.45, 2.75) is 33.4 Å². The second kappa shape index (κ2) is 9.04. The third kappa shape index (κ3) is 4.94. The van der Waals surface area contributed by atoms with Crippen molar-refractivity contribution in [1.29, 1.82) is 0 Å². The van der Waals surface area contributed by atoms with Gasteiger partial charge in [0.25, 0.3) is 5.91 Å². The summed E-state index contributed by atoms with van der Waals surface area (Å²) in [5.41, 5.74) is 7.14. The van der Waals surface area contributed by atoms with E-state index in [4.69, 9.17) is 0 Å². The average molecular weight is 414 g/mol. The molecule has 0 saturated heterocycles. The quantitative estimate of drug-likeness (QED) is 0.647. The van der Waals surface area contributed by atoms with Crippen LogP contribution >= 0.6 is 0 Å². The molecule has 3 aromatic carbocycles. The van der Waals surface area contributed by atoms with Gasteiger partial charge in [-0.3, -0.25) is 4.79 Å². The Hall–Kier alpha value is -3.60. The van der Waals surface area contributed by atoms with E-state index in [2.05, 4.69) is 16.7 Å². The van der Waals surface area contributed by atoms with Crippen molar-refractivity contribution in [2.24, 2.45) is 0 Å². The number of carbonyl (C=O) groups excluding carboxylic acids is 2. The summed E-state index contributed by atoms with van der Waals surface area (Å²) >= 11 is 0. The highest BCUT2D eigenvalue weighted by molar-refractivity contribution is 6.07. The minimum Gasteiger partial charge on any atom is -0.334 e. The van der Waals surface area contributed by atoms with E-state index >= 15 is 0 Å². The molecule has 5 heteroatoms. The zero-order valence-electron chi connectivity index (χ0n) is 17.9. The van der Waals surface area contributed by atoms with Crippen LogP contribution in [0.3, 0.4) is 0 Å². The second-order valence-corrected chi connectivity index (χ2v) is 8.06. The van der Waals surface area contributed by atoms with Crippen LogP contribution < -0.4 is 15.5 Å². The minimum atomic E-state index is -0.214. The fourth-order valence-corrected chi connectivity index (χ4v) is 3.73. The van der Waals surface area contributed by atoms with E-state index in [1.165, 1.54) is 5.56 Å². The van der Waals surface area contributed by atoms with Crippen LogP contribution in [0, 0.1) is 13.8 Å². The van der Waals surface area contributed by atoms with E-state index in [9.17, 15) is 9.59 Å². The van der Waals surface area contributed by atoms with E-state index in [0.717, 1.165) is 34.4 Å². The first-order valence-electron chi connectivity index (χ1n) is 10.6. The van der Waals surface area contributed by atoms with Crippen molar-refractivity contribution >= 4 is 17.6 Å². The van der Waals surface area contributed by atoms with Gasteiger partial charge < -0.3 is 15.5 Å². The molecule has 31 heavy (non-hydrogen) atoms. The summed E-state index contributed by atoms with van der Waals surface area (Å²) in [6.45, 7) is 5.61. The molecule has 5 nitrogen and oxygen atoms in total. The van der Waals surface area contributed by atoms with Crippen LogP contribution in [0.2, 0.25) is 0 Å². The Morgan fingerprint density at radius 1 is 0.806 bits per heavy atom. The molecule has 1 heterocycles. The maximum Gasteiger partial charge on any atom is 0.315 e. The third-order valence-electron chi connectivity index (χ3n) is 5.62. The van der Waals surface area contributed by atoms with Gasteiger partial charge in [-0.05, 0) is 55.2 Å². The Balaban J connectivity index is 1.37. The summed E-state index contributed by atoms with van der Waals surface area (Å²) in [5.74, 6) is 0.0136. The van der Waals surface area contributed by atoms with Crippen LogP contribution in [0.4, 0.5) is 10.5 Å². The van der Waals surface area contributed by atoms with Crippen LogP contribution in [0.25, 0.3) is 0 Å². The molecule has 0 spiro atoms. The normalized spacial score (nSPS) is 12.4. The van der Waals surface area contributed by atoms with Gasteiger partial charge in [-0.2, -0.15) is 0 Å². The first-order chi connectivity index (χ1) is 15.0. The highest BCUT2D eigenvalue weighted by Crippen LogP contribution is 2.30. The Bertz CT molecular complexity index is 1090. The number of carbonyl (C=O) groups is 2. The first-order valence-corrected chi connectivity index (χ1v) is 10.6. The highest BCUT2D eigenvalue weighted by Gasteiger charge is 2.25. The predicted octanol–water partition coefficient (Wildman–Crippen LogP) is 4.51. The molecule has 0 saturated carbocycles. The molecule has 4 rings (SSSR count). The molecule has 3 amide bonds. The van der Waals surface area contributed by atoms with E-state index in [-0.39, 0.29) is 11.9 Å². The largest absolute Gasteiger partial charge is 0.334 e. The summed E-state index contributed by atoms with van der Waals surface area (Å²) < 4.78 is 0. The minimum absolute atomic E-state index is 0.0136. The lowest BCUT2D eigenvalue weighted by atomic mass is 10.1. The lowest BCUT2D eigenvalue weighted by Gasteiger charge is -2.18. The van der Waals surface area contributed by atoms with Gasteiger partial charge in [-0.25, -0.2) is 4.79 Å². The second-order valence-electron chi connectivity index (χ2n) is 8.06. The Labute approximate surface area is 183 Å². The first kappa shape index (κ1) is 20.7. The number of rotatable bonds is 5. The predicted molar refractivity (Wildman–Crippen MR) is 123 cm³/mol. The van der Waals surface area contributed by atoms with Crippen LogP contribution in [-0.2, 0) is 19.5 Å².